The van der Waals surface area contributed by atoms with Gasteiger partial charge >= 0.3 is 0 Å². The number of likely N-dealkylation sites (tertiary alicyclic amines) is 1. The molecule has 1 fully saturated rings. The van der Waals surface area contributed by atoms with Crippen LogP contribution < -0.4 is 0 Å². The summed E-state index contributed by atoms with van der Waals surface area (Å²) in [7, 11) is 0. The van der Waals surface area contributed by atoms with Crippen LogP contribution in [0.5, 0.6) is 0 Å². The van der Waals surface area contributed by atoms with Gasteiger partial charge in [0, 0.05) is 11.1 Å². The second-order valence-corrected chi connectivity index (χ2v) is 5.11. The van der Waals surface area contributed by atoms with Gasteiger partial charge in [-0.1, -0.05) is 13.3 Å². The number of hydrogen-bond acceptors (Lipinski definition) is 3. The van der Waals surface area contributed by atoms with Gasteiger partial charge < -0.3 is 0 Å². The first kappa shape index (κ1) is 10.1. The van der Waals surface area contributed by atoms with Gasteiger partial charge in [0.05, 0.1) is 6.54 Å². The van der Waals surface area contributed by atoms with E-state index < -0.39 is 0 Å². The Kier molecular flexibility index (Phi) is 3.54. The van der Waals surface area contributed by atoms with Crippen molar-refractivity contribution in [3.8, 4) is 0 Å². The standard InChI is InChI=1S/C11H18N2S/c1-2-10-8-12-11(14-10)9-13-6-4-3-5-7-13/h8H,2-7,9H2,1H3. The van der Waals surface area contributed by atoms with Crippen LogP contribution in [0.4, 0.5) is 0 Å². The molecule has 2 rings (SSSR count). The first-order valence-electron chi connectivity index (χ1n) is 5.54. The Labute approximate surface area is 90.0 Å². The van der Waals surface area contributed by atoms with Crippen molar-refractivity contribution in [1.82, 2.24) is 9.88 Å². The largest absolute Gasteiger partial charge is 0.297 e. The number of thiazole rings is 1. The smallest absolute Gasteiger partial charge is 0.107 e. The second-order valence-electron chi connectivity index (χ2n) is 3.91. The molecule has 2 nitrogen and oxygen atoms in total. The highest BCUT2D eigenvalue weighted by Gasteiger charge is 2.11. The summed E-state index contributed by atoms with van der Waals surface area (Å²) in [4.78, 5) is 8.40. The molecule has 0 atom stereocenters. The molecule has 1 aromatic rings. The Balaban J connectivity index is 1.89. The first-order chi connectivity index (χ1) is 6.88. The van der Waals surface area contributed by atoms with Gasteiger partial charge in [-0.3, -0.25) is 4.90 Å². The molecule has 0 spiro atoms. The summed E-state index contributed by atoms with van der Waals surface area (Å²) in [5, 5.41) is 1.30. The maximum atomic E-state index is 4.46. The zero-order chi connectivity index (χ0) is 9.80. The van der Waals surface area contributed by atoms with E-state index >= 15 is 0 Å². The minimum atomic E-state index is 1.07. The molecule has 1 aliphatic rings. The molecule has 0 N–H and O–H groups in total. The van der Waals surface area contributed by atoms with Crippen LogP contribution in [0.1, 0.15) is 36.1 Å². The van der Waals surface area contributed by atoms with E-state index in [0.29, 0.717) is 0 Å². The first-order valence-corrected chi connectivity index (χ1v) is 6.36. The molecule has 0 aliphatic carbocycles. The van der Waals surface area contributed by atoms with Crippen LogP contribution in [0.15, 0.2) is 6.20 Å². The van der Waals surface area contributed by atoms with E-state index in [9.17, 15) is 0 Å². The summed E-state index contributed by atoms with van der Waals surface area (Å²) < 4.78 is 0. The lowest BCUT2D eigenvalue weighted by Crippen LogP contribution is -2.28. The van der Waals surface area contributed by atoms with E-state index in [1.54, 1.807) is 0 Å². The monoisotopic (exact) mass is 210 g/mol. The maximum Gasteiger partial charge on any atom is 0.107 e. The summed E-state index contributed by atoms with van der Waals surface area (Å²) in [6, 6.07) is 0. The highest BCUT2D eigenvalue weighted by atomic mass is 32.1. The Bertz CT molecular complexity index is 277. The maximum absolute atomic E-state index is 4.46. The van der Waals surface area contributed by atoms with Crippen molar-refractivity contribution in [2.75, 3.05) is 13.1 Å². The summed E-state index contributed by atoms with van der Waals surface area (Å²) in [5.74, 6) is 0. The molecule has 1 aromatic heterocycles. The number of piperidine rings is 1. The molecule has 78 valence electrons. The van der Waals surface area contributed by atoms with Crippen molar-refractivity contribution in [3.63, 3.8) is 0 Å². The molecule has 2 heterocycles. The summed E-state index contributed by atoms with van der Waals surface area (Å²) in [6.07, 6.45) is 7.30. The van der Waals surface area contributed by atoms with Crippen molar-refractivity contribution in [3.05, 3.63) is 16.1 Å². The molecule has 0 saturated carbocycles. The quantitative estimate of drug-likeness (QED) is 0.762. The number of hydrogen-bond donors (Lipinski definition) is 0. The van der Waals surface area contributed by atoms with Crippen molar-refractivity contribution in [1.29, 1.82) is 0 Å². The molecule has 1 aliphatic heterocycles. The van der Waals surface area contributed by atoms with Crippen LogP contribution in [0.25, 0.3) is 0 Å². The van der Waals surface area contributed by atoms with Gasteiger partial charge in [-0.15, -0.1) is 11.3 Å². The van der Waals surface area contributed by atoms with Crippen LogP contribution in [-0.2, 0) is 13.0 Å². The van der Waals surface area contributed by atoms with Gasteiger partial charge in [0.1, 0.15) is 5.01 Å². The Hall–Kier alpha value is -0.410. The molecule has 14 heavy (non-hydrogen) atoms. The lowest BCUT2D eigenvalue weighted by atomic mass is 10.1. The molecular weight excluding hydrogens is 192 g/mol. The van der Waals surface area contributed by atoms with E-state index in [1.165, 1.54) is 42.2 Å². The third kappa shape index (κ3) is 2.55. The van der Waals surface area contributed by atoms with Crippen molar-refractivity contribution >= 4 is 11.3 Å². The van der Waals surface area contributed by atoms with Gasteiger partial charge in [-0.2, -0.15) is 0 Å². The van der Waals surface area contributed by atoms with Crippen molar-refractivity contribution in [2.45, 2.75) is 39.2 Å². The van der Waals surface area contributed by atoms with Crippen LogP contribution in [0, 0.1) is 0 Å². The van der Waals surface area contributed by atoms with E-state index in [4.69, 9.17) is 0 Å². The third-order valence-corrected chi connectivity index (χ3v) is 3.88. The van der Waals surface area contributed by atoms with Crippen LogP contribution >= 0.6 is 11.3 Å². The number of rotatable bonds is 3. The highest BCUT2D eigenvalue weighted by molar-refractivity contribution is 7.11. The molecule has 3 heteroatoms. The highest BCUT2D eigenvalue weighted by Crippen LogP contribution is 2.17. The van der Waals surface area contributed by atoms with Gasteiger partial charge in [0.15, 0.2) is 0 Å². The SMILES string of the molecule is CCc1cnc(CN2CCCCC2)s1. The summed E-state index contributed by atoms with van der Waals surface area (Å²) >= 11 is 1.87. The Morgan fingerprint density at radius 1 is 1.36 bits per heavy atom. The summed E-state index contributed by atoms with van der Waals surface area (Å²) in [5.41, 5.74) is 0. The fourth-order valence-electron chi connectivity index (χ4n) is 1.89. The lowest BCUT2D eigenvalue weighted by molar-refractivity contribution is 0.220. The van der Waals surface area contributed by atoms with Gasteiger partial charge in [-0.25, -0.2) is 4.98 Å². The van der Waals surface area contributed by atoms with E-state index in [-0.39, 0.29) is 0 Å². The van der Waals surface area contributed by atoms with E-state index in [1.807, 2.05) is 17.5 Å². The van der Waals surface area contributed by atoms with Crippen LogP contribution in [-0.4, -0.2) is 23.0 Å². The number of aromatic nitrogens is 1. The zero-order valence-electron chi connectivity index (χ0n) is 8.83. The second kappa shape index (κ2) is 4.89. The fourth-order valence-corrected chi connectivity index (χ4v) is 2.80. The Morgan fingerprint density at radius 3 is 2.79 bits per heavy atom. The number of nitrogens with zero attached hydrogens (tertiary/aromatic N) is 2. The van der Waals surface area contributed by atoms with Gasteiger partial charge in [0.25, 0.3) is 0 Å². The van der Waals surface area contributed by atoms with E-state index in [2.05, 4.69) is 16.8 Å². The molecule has 0 unspecified atom stereocenters. The Morgan fingerprint density at radius 2 is 2.14 bits per heavy atom. The van der Waals surface area contributed by atoms with Crippen molar-refractivity contribution in [2.24, 2.45) is 0 Å². The molecule has 0 amide bonds. The fraction of sp³-hybridized carbons (Fsp3) is 0.727. The van der Waals surface area contributed by atoms with Crippen molar-refractivity contribution < 1.29 is 0 Å². The molecule has 1 saturated heterocycles. The minimum absolute atomic E-state index is 1.07. The molecule has 0 bridgehead atoms. The zero-order valence-corrected chi connectivity index (χ0v) is 9.65. The number of aryl methyl sites for hydroxylation is 1. The predicted molar refractivity (Wildman–Crippen MR) is 60.6 cm³/mol. The molecular formula is C11H18N2S. The third-order valence-electron chi connectivity index (χ3n) is 2.76. The van der Waals surface area contributed by atoms with E-state index in [0.717, 1.165) is 13.0 Å². The lowest BCUT2D eigenvalue weighted by Gasteiger charge is -2.25. The average molecular weight is 210 g/mol. The van der Waals surface area contributed by atoms with Crippen LogP contribution in [0.2, 0.25) is 0 Å². The van der Waals surface area contributed by atoms with Crippen LogP contribution in [0.3, 0.4) is 0 Å². The van der Waals surface area contributed by atoms with Gasteiger partial charge in [-0.05, 0) is 32.4 Å². The topological polar surface area (TPSA) is 16.1 Å². The molecule has 0 radical (unpaired) electrons. The predicted octanol–water partition coefficient (Wildman–Crippen LogP) is 2.69. The van der Waals surface area contributed by atoms with Gasteiger partial charge in [0.2, 0.25) is 0 Å². The summed E-state index contributed by atoms with van der Waals surface area (Å²) in [6.45, 7) is 5.80. The molecule has 0 aromatic carbocycles. The normalized spacial score (nSPS) is 18.6. The average Bonchev–Trinajstić information content (AvgIpc) is 2.67. The minimum Gasteiger partial charge on any atom is -0.297 e.